The SMILES string of the molecule is [Cl][Cr]([Cl])[Cl].c1ccc(-c2ccncc2)cc1.c1ccc(-c2ccncc2)cc1.c1ccc(-c2ccncc2)cc1. The number of halogens is 3. The third kappa shape index (κ3) is 12.1. The van der Waals surface area contributed by atoms with E-state index < -0.39 is 11.4 Å². The van der Waals surface area contributed by atoms with Crippen molar-refractivity contribution < 1.29 is 11.4 Å². The Balaban J connectivity index is 0.000000155. The average molecular weight is 624 g/mol. The average Bonchev–Trinajstić information content (AvgIpc) is 3.04. The fourth-order valence-corrected chi connectivity index (χ4v) is 3.52. The smallest absolute Gasteiger partial charge is 0.0273 e. The van der Waals surface area contributed by atoms with E-state index in [0.29, 0.717) is 0 Å². The number of benzene rings is 3. The van der Waals surface area contributed by atoms with Gasteiger partial charge in [0.25, 0.3) is 0 Å². The molecule has 3 heterocycles. The van der Waals surface area contributed by atoms with Crippen molar-refractivity contribution in [2.24, 2.45) is 0 Å². The van der Waals surface area contributed by atoms with Crippen LogP contribution in [0.3, 0.4) is 0 Å². The Hall–Kier alpha value is -3.49. The fourth-order valence-electron chi connectivity index (χ4n) is 3.52. The number of hydrogen-bond donors (Lipinski definition) is 0. The maximum absolute atomic E-state index is 4.93. The second-order valence-electron chi connectivity index (χ2n) is 7.98. The standard InChI is InChI=1S/3C11H9N.3ClH.Cr/c3*1-2-4-10(5-3-1)11-6-8-12-9-7-11;;;;/h3*1-9H;3*1H;/q;;;;;;+3/p-3. The van der Waals surface area contributed by atoms with E-state index in [1.165, 1.54) is 33.4 Å². The monoisotopic (exact) mass is 622 g/mol. The summed E-state index contributed by atoms with van der Waals surface area (Å²) >= 11 is -1.62. The zero-order chi connectivity index (χ0) is 28.3. The second-order valence-corrected chi connectivity index (χ2v) is 14.3. The molecule has 40 heavy (non-hydrogen) atoms. The molecule has 6 aromatic rings. The van der Waals surface area contributed by atoms with Crippen molar-refractivity contribution in [1.29, 1.82) is 0 Å². The van der Waals surface area contributed by atoms with E-state index in [4.69, 9.17) is 30.1 Å². The van der Waals surface area contributed by atoms with Crippen LogP contribution in [-0.2, 0) is 11.4 Å². The Morgan fingerprint density at radius 3 is 0.675 bits per heavy atom. The van der Waals surface area contributed by atoms with E-state index in [1.807, 2.05) is 128 Å². The molecule has 0 fully saturated rings. The van der Waals surface area contributed by atoms with Gasteiger partial charge >= 0.3 is 41.5 Å². The Morgan fingerprint density at radius 2 is 0.475 bits per heavy atom. The molecule has 0 saturated heterocycles. The van der Waals surface area contributed by atoms with Crippen molar-refractivity contribution in [2.75, 3.05) is 0 Å². The first kappa shape index (κ1) is 31.0. The first-order valence-electron chi connectivity index (χ1n) is 12.2. The molecular weight excluding hydrogens is 597 g/mol. The maximum atomic E-state index is 4.93. The zero-order valence-corrected chi connectivity index (χ0v) is 25.0. The number of rotatable bonds is 3. The van der Waals surface area contributed by atoms with Gasteiger partial charge in [-0.25, -0.2) is 0 Å². The van der Waals surface area contributed by atoms with Crippen LogP contribution in [0.4, 0.5) is 0 Å². The van der Waals surface area contributed by atoms with Crippen LogP contribution < -0.4 is 0 Å². The summed E-state index contributed by atoms with van der Waals surface area (Å²) < 4.78 is 0. The van der Waals surface area contributed by atoms with E-state index in [9.17, 15) is 0 Å². The van der Waals surface area contributed by atoms with Crippen molar-refractivity contribution in [3.05, 3.63) is 165 Å². The number of pyridine rings is 3. The van der Waals surface area contributed by atoms with Gasteiger partial charge in [-0.2, -0.15) is 0 Å². The third-order valence-electron chi connectivity index (χ3n) is 5.36. The summed E-state index contributed by atoms with van der Waals surface area (Å²) in [5, 5.41) is 0. The van der Waals surface area contributed by atoms with Crippen LogP contribution >= 0.6 is 30.1 Å². The molecule has 0 aliphatic heterocycles. The van der Waals surface area contributed by atoms with Gasteiger partial charge in [0.05, 0.1) is 0 Å². The van der Waals surface area contributed by atoms with Crippen molar-refractivity contribution in [3.63, 3.8) is 0 Å². The molecule has 0 atom stereocenters. The molecule has 0 aliphatic carbocycles. The van der Waals surface area contributed by atoms with Gasteiger partial charge in [0.1, 0.15) is 0 Å². The topological polar surface area (TPSA) is 38.7 Å². The quantitative estimate of drug-likeness (QED) is 0.197. The van der Waals surface area contributed by atoms with Crippen LogP contribution in [0, 0.1) is 0 Å². The predicted molar refractivity (Wildman–Crippen MR) is 167 cm³/mol. The van der Waals surface area contributed by atoms with Gasteiger partial charge in [0.15, 0.2) is 0 Å². The molecule has 6 rings (SSSR count). The third-order valence-corrected chi connectivity index (χ3v) is 5.36. The summed E-state index contributed by atoms with van der Waals surface area (Å²) in [6.07, 6.45) is 10.8. The first-order chi connectivity index (χ1) is 19.6. The molecule has 0 amide bonds. The Bertz CT molecular complexity index is 1150. The van der Waals surface area contributed by atoms with E-state index in [1.54, 1.807) is 0 Å². The van der Waals surface area contributed by atoms with Crippen molar-refractivity contribution in [2.45, 2.75) is 0 Å². The first-order valence-corrected chi connectivity index (χ1v) is 17.5. The maximum Gasteiger partial charge on any atom is 0.0273 e. The van der Waals surface area contributed by atoms with Gasteiger partial charge in [-0.3, -0.25) is 15.0 Å². The van der Waals surface area contributed by atoms with Crippen LogP contribution in [0.25, 0.3) is 33.4 Å². The molecule has 3 nitrogen and oxygen atoms in total. The summed E-state index contributed by atoms with van der Waals surface area (Å²) in [7, 11) is 14.8. The molecule has 7 heteroatoms. The minimum absolute atomic E-state index is 1.21. The van der Waals surface area contributed by atoms with Gasteiger partial charge in [-0.05, 0) is 69.8 Å². The van der Waals surface area contributed by atoms with E-state index in [2.05, 4.69) is 51.4 Å². The van der Waals surface area contributed by atoms with Crippen LogP contribution in [-0.4, -0.2) is 15.0 Å². The van der Waals surface area contributed by atoms with Gasteiger partial charge in [-0.1, -0.05) is 91.0 Å². The fraction of sp³-hybridized carbons (Fsp3) is 0. The molecule has 0 N–H and O–H groups in total. The summed E-state index contributed by atoms with van der Waals surface area (Å²) in [5.74, 6) is 0. The predicted octanol–water partition coefficient (Wildman–Crippen LogP) is 10.3. The molecule has 0 radical (unpaired) electrons. The Labute approximate surface area is 253 Å². The van der Waals surface area contributed by atoms with Crippen molar-refractivity contribution in [3.8, 4) is 33.4 Å². The van der Waals surface area contributed by atoms with Crippen LogP contribution in [0.2, 0.25) is 0 Å². The number of hydrogen-bond acceptors (Lipinski definition) is 3. The largest absolute Gasteiger partial charge is 0.265 e. The normalized spacial score (nSPS) is 9.60. The Kier molecular flexibility index (Phi) is 14.5. The molecule has 0 aliphatic rings. The molecule has 0 unspecified atom stereocenters. The summed E-state index contributed by atoms with van der Waals surface area (Å²) in [6, 6.07) is 42.9. The minimum atomic E-state index is -1.62. The van der Waals surface area contributed by atoms with Gasteiger partial charge < -0.3 is 0 Å². The van der Waals surface area contributed by atoms with Gasteiger partial charge in [0, 0.05) is 37.2 Å². The van der Waals surface area contributed by atoms with E-state index in [-0.39, 0.29) is 0 Å². The summed E-state index contributed by atoms with van der Waals surface area (Å²) in [4.78, 5) is 11.9. The molecule has 0 saturated carbocycles. The van der Waals surface area contributed by atoms with E-state index in [0.717, 1.165) is 0 Å². The van der Waals surface area contributed by atoms with Gasteiger partial charge in [-0.15, -0.1) is 0 Å². The summed E-state index contributed by atoms with van der Waals surface area (Å²) in [5.41, 5.74) is 7.35. The molecular formula is C33H27Cl3CrN3. The second kappa shape index (κ2) is 18.7. The number of nitrogens with zero attached hydrogens (tertiary/aromatic N) is 3. The Morgan fingerprint density at radius 1 is 0.300 bits per heavy atom. The van der Waals surface area contributed by atoms with Crippen molar-refractivity contribution in [1.82, 2.24) is 15.0 Å². The zero-order valence-electron chi connectivity index (χ0n) is 21.5. The van der Waals surface area contributed by atoms with Crippen LogP contribution in [0.1, 0.15) is 0 Å². The molecule has 0 spiro atoms. The number of aromatic nitrogens is 3. The molecule has 3 aromatic carbocycles. The minimum Gasteiger partial charge on any atom is -0.265 e. The van der Waals surface area contributed by atoms with Gasteiger partial charge in [0.2, 0.25) is 0 Å². The van der Waals surface area contributed by atoms with Crippen LogP contribution in [0.5, 0.6) is 0 Å². The molecule has 3 aromatic heterocycles. The molecule has 201 valence electrons. The summed E-state index contributed by atoms with van der Waals surface area (Å²) in [6.45, 7) is 0. The van der Waals surface area contributed by atoms with Crippen molar-refractivity contribution >= 4 is 30.1 Å². The van der Waals surface area contributed by atoms with E-state index >= 15 is 0 Å². The van der Waals surface area contributed by atoms with Crippen LogP contribution in [0.15, 0.2) is 165 Å². The molecule has 0 bridgehead atoms.